The second-order valence-electron chi connectivity index (χ2n) is 6.61. The van der Waals surface area contributed by atoms with Gasteiger partial charge < -0.3 is 10.4 Å². The zero-order chi connectivity index (χ0) is 16.5. The predicted octanol–water partition coefficient (Wildman–Crippen LogP) is 4.88. The molecule has 0 rings (SSSR count). The summed E-state index contributed by atoms with van der Waals surface area (Å²) in [5.74, 6) is -0.759. The first kappa shape index (κ1) is 25.7. The minimum atomic E-state index is -0.759. The molecule has 4 heteroatoms. The molecule has 1 atom stereocenters. The average molecular weight is 338 g/mol. The van der Waals surface area contributed by atoms with Crippen LogP contribution in [0.3, 0.4) is 0 Å². The molecular weight excluding hydrogens is 297 g/mol. The molecule has 0 aromatic heterocycles. The van der Waals surface area contributed by atoms with Crippen LogP contribution in [0.1, 0.15) is 104 Å². The van der Waals surface area contributed by atoms with Gasteiger partial charge in [-0.2, -0.15) is 0 Å². The van der Waals surface area contributed by atoms with Gasteiger partial charge in [0.25, 0.3) is 0 Å². The molecular formula is C19H40NNaO2. The van der Waals surface area contributed by atoms with Crippen LogP contribution in [-0.2, 0) is 4.79 Å². The second-order valence-corrected chi connectivity index (χ2v) is 6.61. The summed E-state index contributed by atoms with van der Waals surface area (Å²) in [6, 6.07) is -0.415. The van der Waals surface area contributed by atoms with E-state index in [2.05, 4.69) is 12.2 Å². The fourth-order valence-electron chi connectivity index (χ4n) is 2.73. The fourth-order valence-corrected chi connectivity index (χ4v) is 2.73. The molecule has 0 aliphatic rings. The van der Waals surface area contributed by atoms with Crippen LogP contribution < -0.4 is 5.32 Å². The topological polar surface area (TPSA) is 49.3 Å². The van der Waals surface area contributed by atoms with Crippen molar-refractivity contribution in [2.45, 2.75) is 110 Å². The molecule has 0 heterocycles. The summed E-state index contributed by atoms with van der Waals surface area (Å²) >= 11 is 0. The van der Waals surface area contributed by atoms with Crippen LogP contribution in [0.15, 0.2) is 0 Å². The van der Waals surface area contributed by atoms with E-state index >= 15 is 0 Å². The summed E-state index contributed by atoms with van der Waals surface area (Å²) in [6.07, 6.45) is 19.0. The molecule has 3 nitrogen and oxygen atoms in total. The maximum atomic E-state index is 10.6. The fraction of sp³-hybridized carbons (Fsp3) is 0.947. The molecule has 0 radical (unpaired) electrons. The zero-order valence-electron chi connectivity index (χ0n) is 15.0. The van der Waals surface area contributed by atoms with Crippen molar-refractivity contribution >= 4 is 35.5 Å². The number of carbonyl (C=O) groups is 1. The van der Waals surface area contributed by atoms with Gasteiger partial charge in [0.1, 0.15) is 6.04 Å². The van der Waals surface area contributed by atoms with Crippen molar-refractivity contribution in [2.24, 2.45) is 0 Å². The number of aliphatic carboxylic acids is 1. The van der Waals surface area contributed by atoms with Gasteiger partial charge in [0, 0.05) is 0 Å². The van der Waals surface area contributed by atoms with E-state index in [0.717, 1.165) is 13.0 Å². The minimum absolute atomic E-state index is 0. The number of hydrogen-bond acceptors (Lipinski definition) is 2. The Hall–Kier alpha value is 0.430. The third kappa shape index (κ3) is 20.4. The second kappa shape index (κ2) is 20.5. The first-order valence-corrected chi connectivity index (χ1v) is 9.64. The summed E-state index contributed by atoms with van der Waals surface area (Å²) in [5, 5.41) is 11.8. The number of rotatable bonds is 17. The Bertz CT molecular complexity index is 250. The molecule has 23 heavy (non-hydrogen) atoms. The molecule has 0 aliphatic carbocycles. The number of carboxylic acid groups (broad SMARTS) is 1. The maximum absolute atomic E-state index is 10.6. The first-order valence-electron chi connectivity index (χ1n) is 9.64. The summed E-state index contributed by atoms with van der Waals surface area (Å²) in [6.45, 7) is 4.80. The van der Waals surface area contributed by atoms with Crippen molar-refractivity contribution < 1.29 is 9.90 Å². The van der Waals surface area contributed by atoms with Gasteiger partial charge >= 0.3 is 35.5 Å². The van der Waals surface area contributed by atoms with Crippen molar-refractivity contribution in [1.29, 1.82) is 0 Å². The molecule has 0 aromatic rings. The van der Waals surface area contributed by atoms with E-state index in [1.807, 2.05) is 0 Å². The third-order valence-electron chi connectivity index (χ3n) is 4.35. The van der Waals surface area contributed by atoms with E-state index in [9.17, 15) is 4.79 Å². The molecule has 0 bridgehead atoms. The van der Waals surface area contributed by atoms with E-state index < -0.39 is 12.0 Å². The van der Waals surface area contributed by atoms with Crippen molar-refractivity contribution in [3.8, 4) is 0 Å². The Morgan fingerprint density at radius 3 is 1.48 bits per heavy atom. The van der Waals surface area contributed by atoms with Crippen LogP contribution in [0.4, 0.5) is 0 Å². The van der Waals surface area contributed by atoms with E-state index in [1.54, 1.807) is 6.92 Å². The summed E-state index contributed by atoms with van der Waals surface area (Å²) in [4.78, 5) is 10.6. The van der Waals surface area contributed by atoms with Crippen molar-refractivity contribution in [2.75, 3.05) is 6.54 Å². The summed E-state index contributed by atoms with van der Waals surface area (Å²) < 4.78 is 0. The van der Waals surface area contributed by atoms with Crippen molar-refractivity contribution in [3.63, 3.8) is 0 Å². The third-order valence-corrected chi connectivity index (χ3v) is 4.35. The van der Waals surface area contributed by atoms with E-state index in [1.165, 1.54) is 83.5 Å². The monoisotopic (exact) mass is 337 g/mol. The number of carboxylic acids is 1. The van der Waals surface area contributed by atoms with Crippen molar-refractivity contribution in [1.82, 2.24) is 5.32 Å². The summed E-state index contributed by atoms with van der Waals surface area (Å²) in [7, 11) is 0. The molecule has 0 aromatic carbocycles. The molecule has 0 spiro atoms. The van der Waals surface area contributed by atoms with Crippen LogP contribution in [0.2, 0.25) is 0 Å². The Balaban J connectivity index is 0. The molecule has 134 valence electrons. The molecule has 0 saturated heterocycles. The van der Waals surface area contributed by atoms with Crippen LogP contribution >= 0.6 is 0 Å². The quantitative estimate of drug-likeness (QED) is 0.294. The first-order chi connectivity index (χ1) is 10.7. The standard InChI is InChI=1S/C19H39NO2.Na.H/c1-3-4-5-6-7-8-9-10-11-12-13-14-15-16-17-20-18(2)19(21)22;;/h18,20H,3-17H2,1-2H3,(H,21,22);;/t18-;;/m0../s1. The van der Waals surface area contributed by atoms with Gasteiger partial charge in [-0.25, -0.2) is 0 Å². The van der Waals surface area contributed by atoms with Crippen LogP contribution in [-0.4, -0.2) is 53.2 Å². The van der Waals surface area contributed by atoms with Crippen LogP contribution in [0.25, 0.3) is 0 Å². The van der Waals surface area contributed by atoms with Gasteiger partial charge in [-0.1, -0.05) is 90.4 Å². The van der Waals surface area contributed by atoms with Gasteiger partial charge in [-0.3, -0.25) is 4.79 Å². The Morgan fingerprint density at radius 1 is 0.783 bits per heavy atom. The van der Waals surface area contributed by atoms with E-state index in [-0.39, 0.29) is 29.6 Å². The number of hydrogen-bond donors (Lipinski definition) is 2. The van der Waals surface area contributed by atoms with Gasteiger partial charge in [-0.05, 0) is 19.9 Å². The molecule has 0 amide bonds. The molecule has 0 saturated carbocycles. The Morgan fingerprint density at radius 2 is 1.13 bits per heavy atom. The average Bonchev–Trinajstić information content (AvgIpc) is 2.50. The zero-order valence-corrected chi connectivity index (χ0v) is 15.0. The van der Waals surface area contributed by atoms with E-state index in [0.29, 0.717) is 0 Å². The molecule has 0 unspecified atom stereocenters. The Labute approximate surface area is 166 Å². The molecule has 0 aliphatic heterocycles. The van der Waals surface area contributed by atoms with Gasteiger partial charge in [0.15, 0.2) is 0 Å². The SMILES string of the molecule is CCCCCCCCCCCCCCCCN[C@@H](C)C(=O)O.[NaH]. The molecule has 2 N–H and O–H groups in total. The number of nitrogens with one attached hydrogen (secondary N) is 1. The van der Waals surface area contributed by atoms with Crippen LogP contribution in [0, 0.1) is 0 Å². The van der Waals surface area contributed by atoms with Gasteiger partial charge in [0.05, 0.1) is 0 Å². The number of unbranched alkanes of at least 4 members (excludes halogenated alkanes) is 13. The summed E-state index contributed by atoms with van der Waals surface area (Å²) in [5.41, 5.74) is 0. The molecule has 0 fully saturated rings. The van der Waals surface area contributed by atoms with Crippen LogP contribution in [0.5, 0.6) is 0 Å². The normalized spacial score (nSPS) is 11.9. The van der Waals surface area contributed by atoms with Gasteiger partial charge in [-0.15, -0.1) is 0 Å². The van der Waals surface area contributed by atoms with E-state index in [4.69, 9.17) is 5.11 Å². The predicted molar refractivity (Wildman–Crippen MR) is 103 cm³/mol. The Kier molecular flexibility index (Phi) is 22.8. The van der Waals surface area contributed by atoms with Crippen molar-refractivity contribution in [3.05, 3.63) is 0 Å². The van der Waals surface area contributed by atoms with Gasteiger partial charge in [0.2, 0.25) is 0 Å².